The van der Waals surface area contributed by atoms with Gasteiger partial charge in [-0.25, -0.2) is 0 Å². The molecule has 1 rings (SSSR count). The molecule has 1 aliphatic heterocycles. The van der Waals surface area contributed by atoms with E-state index in [2.05, 4.69) is 42.2 Å². The van der Waals surface area contributed by atoms with Crippen LogP contribution in [0.4, 0.5) is 0 Å². The second-order valence-electron chi connectivity index (χ2n) is 16.7. The minimum atomic E-state index is -1.39. The van der Waals surface area contributed by atoms with Crippen LogP contribution in [0.3, 0.4) is 0 Å². The van der Waals surface area contributed by atoms with Crippen molar-refractivity contribution < 1.29 is 43.2 Å². The highest BCUT2D eigenvalue weighted by molar-refractivity contribution is 5.98. The second-order valence-corrected chi connectivity index (χ2v) is 16.7. The van der Waals surface area contributed by atoms with Crippen LogP contribution in [0.5, 0.6) is 0 Å². The van der Waals surface area contributed by atoms with Crippen molar-refractivity contribution in [2.24, 2.45) is 39.9 Å². The summed E-state index contributed by atoms with van der Waals surface area (Å²) in [6.07, 6.45) is 2.34. The van der Waals surface area contributed by atoms with Crippen molar-refractivity contribution in [1.82, 2.24) is 42.1 Å². The third-order valence-electron chi connectivity index (χ3n) is 11.2. The van der Waals surface area contributed by atoms with Crippen LogP contribution in [-0.2, 0) is 43.2 Å². The lowest BCUT2D eigenvalue weighted by molar-refractivity contribution is -0.142. The monoisotopic (exact) mass is 893 g/mol. The average Bonchev–Trinajstić information content (AvgIpc) is 3.72. The maximum absolute atomic E-state index is 14.1. The van der Waals surface area contributed by atoms with Gasteiger partial charge in [0.05, 0.1) is 0 Å². The molecule has 1 saturated heterocycles. The number of amides is 9. The molecule has 0 spiro atoms. The Balaban J connectivity index is 3.43. The molecule has 0 aromatic rings. The number of aliphatic imine (C=N–C) groups is 1. The Hall–Kier alpha value is -5.50. The van der Waals surface area contributed by atoms with E-state index in [4.69, 9.17) is 17.2 Å². The van der Waals surface area contributed by atoms with Gasteiger partial charge in [-0.05, 0) is 63.2 Å². The van der Waals surface area contributed by atoms with Crippen LogP contribution >= 0.6 is 0 Å². The summed E-state index contributed by atoms with van der Waals surface area (Å²) in [4.78, 5) is 125. The van der Waals surface area contributed by atoms with Crippen molar-refractivity contribution in [2.45, 2.75) is 169 Å². The van der Waals surface area contributed by atoms with Crippen LogP contribution in [0, 0.1) is 17.8 Å². The number of nitrogens with zero attached hydrogens (tertiary/aromatic N) is 2. The lowest BCUT2D eigenvalue weighted by atomic mass is 9.95. The van der Waals surface area contributed by atoms with Gasteiger partial charge < -0.3 is 59.3 Å². The number of primary amides is 1. The SMILES string of the molecule is CCC[C@@H](NC(=O)[C@H](NC(=O)[C@@H](NC(C)=O)C(C)C)[C@@H](C)CC)C(=O)N[C@@H](CCC(N)=O)C(=O)N[C@H](C(=O)N[C@@H](CCCN=C(N)N)C(=O)N1CCC[C@H]1C(=O)NCC)[C@@H](C)CC. The molecule has 13 N–H and O–H groups in total. The van der Waals surface area contributed by atoms with E-state index in [1.165, 1.54) is 11.8 Å². The number of likely N-dealkylation sites (N-methyl/N-ethyl adjacent to an activating group) is 1. The Morgan fingerprint density at radius 2 is 1.16 bits per heavy atom. The van der Waals surface area contributed by atoms with Gasteiger partial charge in [0, 0.05) is 33.0 Å². The topological polar surface area (TPSA) is 331 Å². The summed E-state index contributed by atoms with van der Waals surface area (Å²) in [5, 5.41) is 19.0. The number of nitrogens with one attached hydrogen (secondary N) is 7. The van der Waals surface area contributed by atoms with Crippen molar-refractivity contribution >= 4 is 59.1 Å². The molecular weight excluding hydrogens is 817 g/mol. The first-order chi connectivity index (χ1) is 29.6. The molecule has 0 radical (unpaired) electrons. The fourth-order valence-electron chi connectivity index (χ4n) is 7.12. The number of rotatable bonds is 28. The van der Waals surface area contributed by atoms with Gasteiger partial charge in [0.2, 0.25) is 53.2 Å². The number of guanidine groups is 1. The number of hydrogen-bond acceptors (Lipinski definition) is 10. The molecule has 9 atom stereocenters. The summed E-state index contributed by atoms with van der Waals surface area (Å²) >= 11 is 0. The first kappa shape index (κ1) is 55.5. The molecule has 0 bridgehead atoms. The zero-order valence-electron chi connectivity index (χ0n) is 38.8. The summed E-state index contributed by atoms with van der Waals surface area (Å²) < 4.78 is 0. The van der Waals surface area contributed by atoms with Crippen molar-refractivity contribution in [3.8, 4) is 0 Å². The number of carbonyl (C=O) groups excluding carboxylic acids is 9. The molecule has 63 heavy (non-hydrogen) atoms. The van der Waals surface area contributed by atoms with E-state index in [1.807, 2.05) is 6.92 Å². The predicted molar refractivity (Wildman–Crippen MR) is 238 cm³/mol. The molecule has 358 valence electrons. The Bertz CT molecular complexity index is 1610. The highest BCUT2D eigenvalue weighted by Gasteiger charge is 2.40. The van der Waals surface area contributed by atoms with Gasteiger partial charge in [-0.1, -0.05) is 67.7 Å². The fraction of sp³-hybridized carbons (Fsp3) is 0.762. The Kier molecular flexibility index (Phi) is 24.9. The molecule has 0 aliphatic carbocycles. The molecule has 21 heteroatoms. The van der Waals surface area contributed by atoms with Gasteiger partial charge in [0.15, 0.2) is 5.96 Å². The minimum Gasteiger partial charge on any atom is -0.370 e. The average molecular weight is 893 g/mol. The Labute approximate surface area is 372 Å². The van der Waals surface area contributed by atoms with E-state index >= 15 is 0 Å². The van der Waals surface area contributed by atoms with E-state index in [0.29, 0.717) is 51.6 Å². The van der Waals surface area contributed by atoms with Crippen molar-refractivity contribution in [2.75, 3.05) is 19.6 Å². The van der Waals surface area contributed by atoms with E-state index in [0.717, 1.165) is 0 Å². The molecule has 1 aliphatic rings. The highest BCUT2D eigenvalue weighted by atomic mass is 16.2. The summed E-state index contributed by atoms with van der Waals surface area (Å²) in [5.41, 5.74) is 16.4. The zero-order chi connectivity index (χ0) is 48.0. The number of hydrogen-bond donors (Lipinski definition) is 10. The van der Waals surface area contributed by atoms with Gasteiger partial charge in [-0.3, -0.25) is 48.1 Å². The smallest absolute Gasteiger partial charge is 0.245 e. The molecule has 21 nitrogen and oxygen atoms in total. The molecule has 1 fully saturated rings. The standard InChI is InChI=1S/C42H76N12O9/c1-10-16-27(50-39(61)34(25(8)12-3)53-38(60)32(23(5)6)48-26(9)55)35(57)49-28(19-20-31(43)56)36(58)52-33(24(7)11-2)40(62)51-29(17-14-21-47-42(44)45)41(63)54-22-15-18-30(54)37(59)46-13-4/h23-25,27-30,32-34H,10-22H2,1-9H3,(H2,43,56)(H,46,59)(H,48,55)(H,49,57)(H,50,61)(H,51,62)(H,52,58)(H,53,60)(H4,44,45,47)/t24-,25-,27+,28-,29-,30-,32-,33-,34+/m0/s1. The predicted octanol–water partition coefficient (Wildman–Crippen LogP) is -1.09. The largest absolute Gasteiger partial charge is 0.370 e. The molecule has 0 unspecified atom stereocenters. The maximum Gasteiger partial charge on any atom is 0.245 e. The zero-order valence-corrected chi connectivity index (χ0v) is 38.8. The number of likely N-dealkylation sites (tertiary alicyclic amines) is 1. The number of nitrogens with two attached hydrogens (primary N) is 3. The second kappa shape index (κ2) is 28.2. The van der Waals surface area contributed by atoms with Gasteiger partial charge in [-0.15, -0.1) is 0 Å². The summed E-state index contributed by atoms with van der Waals surface area (Å²) in [6.45, 7) is 16.3. The summed E-state index contributed by atoms with van der Waals surface area (Å²) in [7, 11) is 0. The third-order valence-corrected chi connectivity index (χ3v) is 11.2. The van der Waals surface area contributed by atoms with Crippen molar-refractivity contribution in [3.63, 3.8) is 0 Å². The minimum absolute atomic E-state index is 0.109. The molecule has 0 aromatic heterocycles. The fourth-order valence-corrected chi connectivity index (χ4v) is 7.12. The maximum atomic E-state index is 14.1. The van der Waals surface area contributed by atoms with Gasteiger partial charge in [0.25, 0.3) is 0 Å². The Morgan fingerprint density at radius 1 is 0.651 bits per heavy atom. The number of carbonyl (C=O) groups is 9. The van der Waals surface area contributed by atoms with Gasteiger partial charge in [0.1, 0.15) is 42.3 Å². The first-order valence-electron chi connectivity index (χ1n) is 22.3. The van der Waals surface area contributed by atoms with Crippen LogP contribution in [0.25, 0.3) is 0 Å². The third kappa shape index (κ3) is 18.8. The molecule has 0 aromatic carbocycles. The summed E-state index contributed by atoms with van der Waals surface area (Å²) in [6, 6.07) is -7.63. The van der Waals surface area contributed by atoms with Crippen molar-refractivity contribution in [1.29, 1.82) is 0 Å². The van der Waals surface area contributed by atoms with Gasteiger partial charge >= 0.3 is 0 Å². The van der Waals surface area contributed by atoms with Crippen LogP contribution in [-0.4, -0.2) is 126 Å². The Morgan fingerprint density at radius 3 is 1.65 bits per heavy atom. The molecule has 9 amide bonds. The van der Waals surface area contributed by atoms with E-state index in [1.54, 1.807) is 48.5 Å². The van der Waals surface area contributed by atoms with Crippen molar-refractivity contribution in [3.05, 3.63) is 0 Å². The van der Waals surface area contributed by atoms with Crippen LogP contribution in [0.2, 0.25) is 0 Å². The lowest BCUT2D eigenvalue weighted by Gasteiger charge is -2.31. The molecular formula is C42H76N12O9. The van der Waals surface area contributed by atoms with E-state index in [9.17, 15) is 43.2 Å². The van der Waals surface area contributed by atoms with Crippen LogP contribution in [0.1, 0.15) is 127 Å². The molecule has 0 saturated carbocycles. The normalized spacial score (nSPS) is 17.3. The van der Waals surface area contributed by atoms with E-state index in [-0.39, 0.29) is 55.9 Å². The van der Waals surface area contributed by atoms with E-state index < -0.39 is 95.5 Å². The first-order valence-corrected chi connectivity index (χ1v) is 22.3. The lowest BCUT2D eigenvalue weighted by Crippen LogP contribution is -2.61. The van der Waals surface area contributed by atoms with Crippen LogP contribution < -0.4 is 54.4 Å². The van der Waals surface area contributed by atoms with Gasteiger partial charge in [-0.2, -0.15) is 0 Å². The molecule has 1 heterocycles. The summed E-state index contributed by atoms with van der Waals surface area (Å²) in [5.74, 6) is -6.75. The quantitative estimate of drug-likeness (QED) is 0.0256. The highest BCUT2D eigenvalue weighted by Crippen LogP contribution is 2.21. The van der Waals surface area contributed by atoms with Crippen LogP contribution in [0.15, 0.2) is 4.99 Å².